The number of hydrogen-bond acceptors (Lipinski definition) is 37. The van der Waals surface area contributed by atoms with E-state index in [1.54, 1.807) is 0 Å². The fourth-order valence-electron chi connectivity index (χ4n) is 12.7. The first-order chi connectivity index (χ1) is 50.1. The lowest BCUT2D eigenvalue weighted by atomic mass is 9.95. The summed E-state index contributed by atoms with van der Waals surface area (Å²) >= 11 is 0. The first kappa shape index (κ1) is 86.8. The second-order valence-electron chi connectivity index (χ2n) is 25.8. The molecule has 45 heteroatoms. The zero-order chi connectivity index (χ0) is 77.5. The molecule has 8 saturated heterocycles. The Labute approximate surface area is 607 Å². The number of nitrogens with one attached hydrogen (secondary N) is 4. The highest BCUT2D eigenvalue weighted by Crippen LogP contribution is 2.37. The van der Waals surface area contributed by atoms with Crippen molar-refractivity contribution in [2.75, 3.05) is 59.5 Å². The number of aliphatic hydroxyl groups excluding tert-OH is 11. The van der Waals surface area contributed by atoms with Gasteiger partial charge in [-0.25, -0.2) is 8.37 Å². The SMILES string of the molecule is C#CC#CC#CCCCO[C@@H]1OC(CO)[C@@H](O[C@H]2C[C@H](O)[C@H](O[C@@H]3OC(CO)[C@@H](O[C@H]4C[C@H](O)[C@H](O[C@@H]5OC(COS(=O)(=O)O)[C@@H](O[C@H]6C[C@H](O)[C@H](O[C@@H]7OC(COS(=O)(=O)O)[C@@H](O[C@H]8C[C@H](O)[C@H](O)CO8)[C@H](O)C7NC(C)=O)CO6)[C@H](O)C5NC(C)=O)CO4)[C@H](O)C3NC(C)=O)CO2)[C@H](O)C1NC(C)=O. The van der Waals surface area contributed by atoms with E-state index in [1.807, 2.05) is 0 Å². The van der Waals surface area contributed by atoms with Crippen molar-refractivity contribution in [2.45, 2.75) is 263 Å². The van der Waals surface area contributed by atoms with Crippen molar-refractivity contribution in [3.63, 3.8) is 0 Å². The number of amides is 4. The van der Waals surface area contributed by atoms with Crippen molar-refractivity contribution in [3.05, 3.63) is 0 Å². The van der Waals surface area contributed by atoms with Gasteiger partial charge in [0.15, 0.2) is 50.3 Å². The molecule has 0 aromatic rings. The van der Waals surface area contributed by atoms with E-state index < -0.39 is 307 Å². The number of aliphatic hydroxyl groups is 11. The van der Waals surface area contributed by atoms with Crippen LogP contribution in [0.2, 0.25) is 0 Å². The molecule has 4 amide bonds. The van der Waals surface area contributed by atoms with Crippen molar-refractivity contribution in [2.24, 2.45) is 0 Å². The quantitative estimate of drug-likeness (QED) is 0.0180. The van der Waals surface area contributed by atoms with Gasteiger partial charge >= 0.3 is 20.8 Å². The molecule has 8 unspecified atom stereocenters. The van der Waals surface area contributed by atoms with Gasteiger partial charge < -0.3 is 153 Å². The number of carbonyl (C=O) groups is 4. The summed E-state index contributed by atoms with van der Waals surface area (Å²) in [6.07, 6.45) is -39.7. The minimum Gasteiger partial charge on any atom is -0.394 e. The van der Waals surface area contributed by atoms with E-state index >= 15 is 0 Å². The van der Waals surface area contributed by atoms with Gasteiger partial charge in [0.1, 0.15) is 122 Å². The molecule has 8 fully saturated rings. The number of carbonyl (C=O) groups excluding carboxylic acids is 4. The van der Waals surface area contributed by atoms with E-state index in [9.17, 15) is 101 Å². The van der Waals surface area contributed by atoms with Gasteiger partial charge in [0, 0.05) is 59.8 Å². The van der Waals surface area contributed by atoms with Crippen LogP contribution in [-0.2, 0) is 124 Å². The van der Waals surface area contributed by atoms with Crippen molar-refractivity contribution < 1.29 is 185 Å². The largest absolute Gasteiger partial charge is 0.397 e. The van der Waals surface area contributed by atoms with E-state index in [-0.39, 0.29) is 19.4 Å². The predicted molar refractivity (Wildman–Crippen MR) is 339 cm³/mol. The Kier molecular flexibility index (Phi) is 32.7. The molecular weight excluding hydrogens is 1480 g/mol. The third kappa shape index (κ3) is 24.6. The standard InChI is InChI=1S/C61H92N4O39S2/c1-6-7-8-9-10-11-12-13-87-58-46(62-26(2)68)50(77)54(35(18-66)94-58)101-43-15-31(73)37(21-89-43)96-59-47(63-27(3)69)51(78)55(36(19-67)95-59)102-44-16-32(74)38(22-90-44)97-61-49(65-29(5)71)53(80)57(41(100-61)25-93-106(84,85)86)104-45-17-33(75)39(23-91-45)98-60-48(64-28(4)70)52(79)56(40(99-60)24-92-105(81,82)83)103-42-14-30(72)34(76)20-88-42/h1,30-61,66-67,72-80H,11-25H2,2-5H3,(H,62,68)(H,63,69)(H,64,70)(H,65,71)(H,81,82,83)(H,84,85,86)/t30-,31-,32-,33-,34+,35?,36?,37+,38+,39+,40?,41?,42-,43-,44-,45-,46?,47?,48?,49?,50+,51+,52+,53+,54+,55+,56+,57+,58+,59-,60+,61+/m0/s1. The molecule has 106 heavy (non-hydrogen) atoms. The average molecular weight is 1570 g/mol. The Morgan fingerprint density at radius 2 is 0.755 bits per heavy atom. The summed E-state index contributed by atoms with van der Waals surface area (Å²) < 4.78 is 170. The molecule has 8 rings (SSSR count). The van der Waals surface area contributed by atoms with Crippen LogP contribution in [0, 0.1) is 36.0 Å². The van der Waals surface area contributed by atoms with Crippen LogP contribution >= 0.6 is 0 Å². The summed E-state index contributed by atoms with van der Waals surface area (Å²) in [6.45, 7) is -1.44. The van der Waals surface area contributed by atoms with E-state index in [0.29, 0.717) is 12.8 Å². The lowest BCUT2D eigenvalue weighted by Crippen LogP contribution is -2.68. The van der Waals surface area contributed by atoms with Crippen molar-refractivity contribution >= 4 is 44.4 Å². The molecule has 0 saturated carbocycles. The van der Waals surface area contributed by atoms with Crippen LogP contribution in [0.5, 0.6) is 0 Å². The summed E-state index contributed by atoms with van der Waals surface area (Å²) in [5.41, 5.74) is 0. The van der Waals surface area contributed by atoms with Gasteiger partial charge in [0.25, 0.3) is 0 Å². The minimum atomic E-state index is -5.28. The van der Waals surface area contributed by atoms with Gasteiger partial charge in [-0.15, -0.1) is 6.42 Å². The highest BCUT2D eigenvalue weighted by molar-refractivity contribution is 7.81. The lowest BCUT2D eigenvalue weighted by molar-refractivity contribution is -0.352. The normalized spacial score (nSPS) is 40.9. The molecule has 602 valence electrons. The van der Waals surface area contributed by atoms with Gasteiger partial charge in [0.2, 0.25) is 23.6 Å². The van der Waals surface area contributed by atoms with Crippen LogP contribution in [0.1, 0.15) is 66.2 Å². The molecule has 8 aliphatic heterocycles. The first-order valence-electron chi connectivity index (χ1n) is 33.5. The molecule has 0 aromatic carbocycles. The van der Waals surface area contributed by atoms with E-state index in [4.69, 9.17) is 82.2 Å². The topological polar surface area (TPSA) is 614 Å². The molecule has 32 atom stereocenters. The molecule has 8 heterocycles. The molecule has 0 aliphatic carbocycles. The van der Waals surface area contributed by atoms with Gasteiger partial charge in [0.05, 0.1) is 83.9 Å². The Balaban J connectivity index is 0.867. The van der Waals surface area contributed by atoms with Crippen molar-refractivity contribution in [3.8, 4) is 36.0 Å². The van der Waals surface area contributed by atoms with E-state index in [0.717, 1.165) is 20.8 Å². The minimum absolute atomic E-state index is 0.0599. The van der Waals surface area contributed by atoms with E-state index in [2.05, 4.69) is 59.2 Å². The second-order valence-corrected chi connectivity index (χ2v) is 27.9. The van der Waals surface area contributed by atoms with Gasteiger partial charge in [-0.2, -0.15) is 16.8 Å². The van der Waals surface area contributed by atoms with Crippen LogP contribution in [0.3, 0.4) is 0 Å². The summed E-state index contributed by atoms with van der Waals surface area (Å²) in [7, 11) is -10.5. The number of ether oxygens (including phenoxy) is 16. The fraction of sp³-hybridized carbons (Fsp3) is 0.836. The monoisotopic (exact) mass is 1570 g/mol. The fourth-order valence-corrected chi connectivity index (χ4v) is 13.3. The van der Waals surface area contributed by atoms with Crippen LogP contribution in [0.15, 0.2) is 0 Å². The smallest absolute Gasteiger partial charge is 0.394 e. The second kappa shape index (κ2) is 39.9. The zero-order valence-corrected chi connectivity index (χ0v) is 59.0. The number of terminal acetylenes is 1. The number of rotatable bonds is 30. The van der Waals surface area contributed by atoms with Gasteiger partial charge in [-0.1, -0.05) is 5.92 Å². The van der Waals surface area contributed by atoms with Gasteiger partial charge in [-0.3, -0.25) is 28.3 Å². The zero-order valence-electron chi connectivity index (χ0n) is 57.4. The Morgan fingerprint density at radius 3 is 1.08 bits per heavy atom. The summed E-state index contributed by atoms with van der Waals surface area (Å²) in [5.74, 6) is 9.50. The molecule has 17 N–H and O–H groups in total. The van der Waals surface area contributed by atoms with Gasteiger partial charge in [-0.05, 0) is 30.1 Å². The highest BCUT2D eigenvalue weighted by atomic mass is 32.3. The third-order valence-corrected chi connectivity index (χ3v) is 18.6. The maximum absolute atomic E-state index is 12.8. The average Bonchev–Trinajstić information content (AvgIpc) is 0.792. The maximum Gasteiger partial charge on any atom is 0.397 e. The first-order valence-corrected chi connectivity index (χ1v) is 36.2. The summed E-state index contributed by atoms with van der Waals surface area (Å²) in [6, 6.07) is -6.00. The van der Waals surface area contributed by atoms with E-state index in [1.165, 1.54) is 6.92 Å². The Hall–Kier alpha value is -4.78. The Morgan fingerprint density at radius 1 is 0.434 bits per heavy atom. The lowest BCUT2D eigenvalue weighted by Gasteiger charge is -2.48. The van der Waals surface area contributed by atoms with Crippen LogP contribution in [-0.4, -0.2) is 362 Å². The molecule has 0 aromatic heterocycles. The Bertz CT molecular complexity index is 3290. The molecule has 43 nitrogen and oxygen atoms in total. The molecular formula is C61H92N4O39S2. The van der Waals surface area contributed by atoms with Crippen LogP contribution in [0.25, 0.3) is 0 Å². The molecule has 0 radical (unpaired) electrons. The number of unbranched alkanes of at least 4 members (excludes halogenated alkanes) is 1. The summed E-state index contributed by atoms with van der Waals surface area (Å²) in [5, 5.41) is 133. The maximum atomic E-state index is 12.8. The van der Waals surface area contributed by atoms with Crippen molar-refractivity contribution in [1.82, 2.24) is 21.3 Å². The predicted octanol–water partition coefficient (Wildman–Crippen LogP) is -10.1. The molecule has 0 spiro atoms. The summed E-state index contributed by atoms with van der Waals surface area (Å²) in [4.78, 5) is 50.2. The third-order valence-electron chi connectivity index (χ3n) is 17.7. The molecule has 0 bridgehead atoms. The highest BCUT2D eigenvalue weighted by Gasteiger charge is 2.56. The molecule has 8 aliphatic rings. The number of hydrogen-bond donors (Lipinski definition) is 17. The van der Waals surface area contributed by atoms with Crippen LogP contribution in [0.4, 0.5) is 0 Å². The van der Waals surface area contributed by atoms with Crippen molar-refractivity contribution in [1.29, 1.82) is 0 Å². The van der Waals surface area contributed by atoms with Crippen LogP contribution < -0.4 is 21.3 Å².